The highest BCUT2D eigenvalue weighted by Crippen LogP contribution is 2.26. The first-order valence-corrected chi connectivity index (χ1v) is 7.14. The Morgan fingerprint density at radius 2 is 2.00 bits per heavy atom. The van der Waals surface area contributed by atoms with E-state index in [-0.39, 0.29) is 34.2 Å². The van der Waals surface area contributed by atoms with E-state index in [2.05, 4.69) is 0 Å². The molecule has 106 valence electrons. The Labute approximate surface area is 116 Å². The molecule has 6 nitrogen and oxygen atoms in total. The van der Waals surface area contributed by atoms with Gasteiger partial charge < -0.3 is 10.2 Å². The van der Waals surface area contributed by atoms with Crippen molar-refractivity contribution in [3.05, 3.63) is 28.3 Å². The van der Waals surface area contributed by atoms with Crippen LogP contribution in [0, 0.1) is 6.92 Å². The van der Waals surface area contributed by atoms with Crippen molar-refractivity contribution in [1.29, 1.82) is 0 Å². The van der Waals surface area contributed by atoms with Crippen LogP contribution < -0.4 is 0 Å². The number of hydrogen-bond donors (Lipinski definition) is 2. The van der Waals surface area contributed by atoms with Crippen LogP contribution in [0.2, 0.25) is 5.02 Å². The smallest absolute Gasteiger partial charge is 0.336 e. The molecule has 0 aliphatic rings. The minimum Gasteiger partial charge on any atom is -0.478 e. The van der Waals surface area contributed by atoms with Gasteiger partial charge in [-0.3, -0.25) is 0 Å². The largest absolute Gasteiger partial charge is 0.478 e. The standard InChI is InChI=1S/C11H14ClNO5S/c1-7-9(11(15)16)5-8(12)6-10(7)19(17,18)13(2)3-4-14/h5-6,14H,3-4H2,1-2H3,(H,15,16). The molecular weight excluding hydrogens is 294 g/mol. The van der Waals surface area contributed by atoms with Gasteiger partial charge in [-0.25, -0.2) is 13.2 Å². The molecule has 0 bridgehead atoms. The fourth-order valence-corrected chi connectivity index (χ4v) is 3.29. The second kappa shape index (κ2) is 5.87. The van der Waals surface area contributed by atoms with Crippen molar-refractivity contribution in [3.8, 4) is 0 Å². The van der Waals surface area contributed by atoms with E-state index in [0.717, 1.165) is 4.31 Å². The van der Waals surface area contributed by atoms with Crippen LogP contribution in [-0.2, 0) is 10.0 Å². The lowest BCUT2D eigenvalue weighted by molar-refractivity contribution is 0.0695. The molecule has 2 N–H and O–H groups in total. The van der Waals surface area contributed by atoms with Gasteiger partial charge in [-0.1, -0.05) is 11.6 Å². The molecule has 0 aromatic heterocycles. The van der Waals surface area contributed by atoms with Gasteiger partial charge >= 0.3 is 5.97 Å². The molecular formula is C11H14ClNO5S. The molecule has 0 saturated carbocycles. The number of nitrogens with zero attached hydrogens (tertiary/aromatic N) is 1. The predicted molar refractivity (Wildman–Crippen MR) is 70.0 cm³/mol. The Hall–Kier alpha value is -1.15. The van der Waals surface area contributed by atoms with Gasteiger partial charge in [-0.15, -0.1) is 0 Å². The second-order valence-electron chi connectivity index (χ2n) is 3.93. The van der Waals surface area contributed by atoms with E-state index in [1.807, 2.05) is 0 Å². The molecule has 1 rings (SSSR count). The molecule has 1 aromatic carbocycles. The number of carboxylic acids is 1. The van der Waals surface area contributed by atoms with Crippen molar-refractivity contribution in [1.82, 2.24) is 4.31 Å². The van der Waals surface area contributed by atoms with Gasteiger partial charge in [-0.2, -0.15) is 4.31 Å². The zero-order valence-electron chi connectivity index (χ0n) is 10.4. The summed E-state index contributed by atoms with van der Waals surface area (Å²) in [6, 6.07) is 2.40. The summed E-state index contributed by atoms with van der Waals surface area (Å²) in [5.41, 5.74) is -0.0508. The maximum Gasteiger partial charge on any atom is 0.336 e. The third kappa shape index (κ3) is 3.24. The molecule has 0 atom stereocenters. The first-order chi connectivity index (χ1) is 8.71. The Kier molecular flexibility index (Phi) is 4.92. The van der Waals surface area contributed by atoms with Gasteiger partial charge in [0.05, 0.1) is 17.1 Å². The SMILES string of the molecule is Cc1c(C(=O)O)cc(Cl)cc1S(=O)(=O)N(C)CCO. The van der Waals surface area contributed by atoms with Crippen molar-refractivity contribution >= 4 is 27.6 Å². The molecule has 1 aromatic rings. The Morgan fingerprint density at radius 3 is 2.47 bits per heavy atom. The van der Waals surface area contributed by atoms with Crippen molar-refractivity contribution in [3.63, 3.8) is 0 Å². The number of halogens is 1. The predicted octanol–water partition coefficient (Wildman–Crippen LogP) is 0.959. The number of aromatic carboxylic acids is 1. The molecule has 0 aliphatic carbocycles. The van der Waals surface area contributed by atoms with Crippen LogP contribution in [0.1, 0.15) is 15.9 Å². The van der Waals surface area contributed by atoms with E-state index >= 15 is 0 Å². The van der Waals surface area contributed by atoms with Crippen molar-refractivity contribution in [2.24, 2.45) is 0 Å². The molecule has 0 radical (unpaired) electrons. The van der Waals surface area contributed by atoms with Gasteiger partial charge in [0.2, 0.25) is 10.0 Å². The number of benzene rings is 1. The molecule has 0 amide bonds. The van der Waals surface area contributed by atoms with Gasteiger partial charge in [0.25, 0.3) is 0 Å². The molecule has 0 spiro atoms. The van der Waals surface area contributed by atoms with Crippen LogP contribution in [0.4, 0.5) is 0 Å². The number of likely N-dealkylation sites (N-methyl/N-ethyl adjacent to an activating group) is 1. The zero-order valence-corrected chi connectivity index (χ0v) is 12.0. The first-order valence-electron chi connectivity index (χ1n) is 5.32. The number of carbonyl (C=O) groups is 1. The summed E-state index contributed by atoms with van der Waals surface area (Å²) in [6.07, 6.45) is 0. The van der Waals surface area contributed by atoms with Gasteiger partial charge in [0.15, 0.2) is 0 Å². The van der Waals surface area contributed by atoms with Crippen LogP contribution in [0.3, 0.4) is 0 Å². The average Bonchev–Trinajstić information content (AvgIpc) is 2.31. The lowest BCUT2D eigenvalue weighted by Gasteiger charge is -2.18. The molecule has 0 unspecified atom stereocenters. The highest BCUT2D eigenvalue weighted by atomic mass is 35.5. The minimum atomic E-state index is -3.88. The summed E-state index contributed by atoms with van der Waals surface area (Å²) in [7, 11) is -2.59. The Morgan fingerprint density at radius 1 is 1.42 bits per heavy atom. The number of rotatable bonds is 5. The molecule has 8 heteroatoms. The number of hydrogen-bond acceptors (Lipinski definition) is 4. The first kappa shape index (κ1) is 15.9. The average molecular weight is 308 g/mol. The van der Waals surface area contributed by atoms with Gasteiger partial charge in [-0.05, 0) is 24.6 Å². The fraction of sp³-hybridized carbons (Fsp3) is 0.364. The quantitative estimate of drug-likeness (QED) is 0.845. The van der Waals surface area contributed by atoms with E-state index in [9.17, 15) is 13.2 Å². The molecule has 0 heterocycles. The number of carboxylic acid groups (broad SMARTS) is 1. The number of aliphatic hydroxyl groups excluding tert-OH is 1. The van der Waals surface area contributed by atoms with Crippen LogP contribution in [0.25, 0.3) is 0 Å². The molecule has 0 aliphatic heterocycles. The molecule has 0 fully saturated rings. The van der Waals surface area contributed by atoms with E-state index in [1.165, 1.54) is 26.1 Å². The zero-order chi connectivity index (χ0) is 14.8. The molecule has 19 heavy (non-hydrogen) atoms. The summed E-state index contributed by atoms with van der Waals surface area (Å²) in [6.45, 7) is 0.983. The highest BCUT2D eigenvalue weighted by Gasteiger charge is 2.25. The summed E-state index contributed by atoms with van der Waals surface area (Å²) < 4.78 is 25.4. The van der Waals surface area contributed by atoms with Crippen molar-refractivity contribution in [2.45, 2.75) is 11.8 Å². The summed E-state index contributed by atoms with van der Waals surface area (Å²) >= 11 is 5.76. The lowest BCUT2D eigenvalue weighted by atomic mass is 10.1. The summed E-state index contributed by atoms with van der Waals surface area (Å²) in [4.78, 5) is 10.9. The monoisotopic (exact) mass is 307 g/mol. The van der Waals surface area contributed by atoms with Gasteiger partial charge in [0, 0.05) is 18.6 Å². The lowest BCUT2D eigenvalue weighted by Crippen LogP contribution is -2.30. The van der Waals surface area contributed by atoms with Crippen LogP contribution in [0.15, 0.2) is 17.0 Å². The van der Waals surface area contributed by atoms with Crippen molar-refractivity contribution in [2.75, 3.05) is 20.2 Å². The number of sulfonamides is 1. The van der Waals surface area contributed by atoms with Crippen LogP contribution >= 0.6 is 11.6 Å². The third-order valence-corrected chi connectivity index (χ3v) is 4.86. The second-order valence-corrected chi connectivity index (χ2v) is 6.38. The highest BCUT2D eigenvalue weighted by molar-refractivity contribution is 7.89. The maximum atomic E-state index is 12.2. The maximum absolute atomic E-state index is 12.2. The van der Waals surface area contributed by atoms with E-state index in [0.29, 0.717) is 0 Å². The number of aliphatic hydroxyl groups is 1. The fourth-order valence-electron chi connectivity index (χ4n) is 1.57. The minimum absolute atomic E-state index is 0.0268. The van der Waals surface area contributed by atoms with Crippen molar-refractivity contribution < 1.29 is 23.4 Å². The van der Waals surface area contributed by atoms with E-state index in [4.69, 9.17) is 21.8 Å². The summed E-state index contributed by atoms with van der Waals surface area (Å²) in [5.74, 6) is -1.25. The normalized spacial score (nSPS) is 11.8. The topological polar surface area (TPSA) is 94.9 Å². The van der Waals surface area contributed by atoms with Crippen LogP contribution in [0.5, 0.6) is 0 Å². The van der Waals surface area contributed by atoms with Gasteiger partial charge in [0.1, 0.15) is 0 Å². The van der Waals surface area contributed by atoms with E-state index < -0.39 is 16.0 Å². The summed E-state index contributed by atoms with van der Waals surface area (Å²) in [5, 5.41) is 17.8. The van der Waals surface area contributed by atoms with Crippen LogP contribution in [-0.4, -0.2) is 49.1 Å². The van der Waals surface area contributed by atoms with E-state index in [1.54, 1.807) is 0 Å². The third-order valence-electron chi connectivity index (χ3n) is 2.66. The Balaban J connectivity index is 3.47. The molecule has 0 saturated heterocycles. The Bertz CT molecular complexity index is 599.